The summed E-state index contributed by atoms with van der Waals surface area (Å²) in [5.74, 6) is -0.276. The molecule has 214 valence electrons. The van der Waals surface area contributed by atoms with E-state index in [4.69, 9.17) is 29.7 Å². The molecule has 0 spiro atoms. The quantitative estimate of drug-likeness (QED) is 0.343. The topological polar surface area (TPSA) is 167 Å². The number of nitrogen functional groups attached to an aromatic ring is 1. The van der Waals surface area contributed by atoms with E-state index in [1.165, 1.54) is 26.0 Å². The van der Waals surface area contributed by atoms with Crippen LogP contribution in [0.3, 0.4) is 0 Å². The third-order valence-corrected chi connectivity index (χ3v) is 7.11. The minimum atomic E-state index is -4.69. The maximum atomic E-state index is 11.2. The monoisotopic (exact) mass is 564 g/mol. The van der Waals surface area contributed by atoms with E-state index < -0.39 is 38.1 Å². The number of fused-ring (bicyclic) bond motifs is 2. The standard InChI is InChI=1S/C19H22N5O7P.C6H15N/c1-19(2)30-13-11(8-28-32(25,26)27)29-18(14(13)31-19)24-9-21-12-15(20)22-16(23-17(12)24)10-6-4-3-5-7-10;1-4-7(5-2)6-3/h3-7,9,11,13-14,18H,8H2,1-2H3,(H2,20,22,23)(H2,25,26,27);4-6H2,1-3H3/t11-,13-,14-,18-;/m1./s1. The molecular weight excluding hydrogens is 527 g/mol. The first-order valence-corrected chi connectivity index (χ1v) is 14.5. The van der Waals surface area contributed by atoms with Crippen LogP contribution in [0.15, 0.2) is 36.7 Å². The van der Waals surface area contributed by atoms with E-state index in [2.05, 4.69) is 45.1 Å². The summed E-state index contributed by atoms with van der Waals surface area (Å²) in [6.45, 7) is 13.3. The highest BCUT2D eigenvalue weighted by molar-refractivity contribution is 7.46. The van der Waals surface area contributed by atoms with Gasteiger partial charge in [0.1, 0.15) is 23.8 Å². The van der Waals surface area contributed by atoms with Crippen molar-refractivity contribution in [3.8, 4) is 11.4 Å². The molecule has 2 aliphatic heterocycles. The Balaban J connectivity index is 0.000000448. The van der Waals surface area contributed by atoms with Crippen molar-refractivity contribution in [1.82, 2.24) is 24.4 Å². The number of hydrogen-bond acceptors (Lipinski definition) is 10. The first-order chi connectivity index (χ1) is 18.5. The van der Waals surface area contributed by atoms with Crippen LogP contribution >= 0.6 is 7.82 Å². The molecule has 0 saturated carbocycles. The van der Waals surface area contributed by atoms with E-state index in [-0.39, 0.29) is 12.4 Å². The number of aromatic nitrogens is 4. The highest BCUT2D eigenvalue weighted by Crippen LogP contribution is 2.45. The van der Waals surface area contributed by atoms with Gasteiger partial charge in [-0.2, -0.15) is 0 Å². The Labute approximate surface area is 227 Å². The minimum Gasteiger partial charge on any atom is -0.382 e. The Bertz CT molecular complexity index is 1290. The number of benzene rings is 1. The van der Waals surface area contributed by atoms with Crippen molar-refractivity contribution < 1.29 is 33.1 Å². The van der Waals surface area contributed by atoms with E-state index in [1.807, 2.05) is 30.3 Å². The normalized spacial score (nSPS) is 24.1. The van der Waals surface area contributed by atoms with E-state index in [0.717, 1.165) is 5.56 Å². The number of ether oxygens (including phenoxy) is 3. The van der Waals surface area contributed by atoms with E-state index in [0.29, 0.717) is 17.0 Å². The van der Waals surface area contributed by atoms with E-state index in [1.54, 1.807) is 18.4 Å². The van der Waals surface area contributed by atoms with Crippen LogP contribution in [-0.2, 0) is 23.3 Å². The summed E-state index contributed by atoms with van der Waals surface area (Å²) >= 11 is 0. The van der Waals surface area contributed by atoms with Crippen LogP contribution in [0.2, 0.25) is 0 Å². The summed E-state index contributed by atoms with van der Waals surface area (Å²) in [6.07, 6.45) is -1.22. The van der Waals surface area contributed by atoms with Crippen molar-refractivity contribution in [2.75, 3.05) is 32.0 Å². The minimum absolute atomic E-state index is 0.215. The molecule has 5 rings (SSSR count). The number of imidazole rings is 1. The van der Waals surface area contributed by atoms with Gasteiger partial charge in [-0.05, 0) is 33.5 Å². The van der Waals surface area contributed by atoms with Crippen molar-refractivity contribution in [3.63, 3.8) is 0 Å². The Morgan fingerprint density at radius 3 is 2.31 bits per heavy atom. The summed E-state index contributed by atoms with van der Waals surface area (Å²) in [5, 5.41) is 0. The SMILES string of the molecule is CC1(C)O[C@@H]2[C@H](O1)[C@@H](COP(=O)(O)O)O[C@H]2n1cnc2c(N)nc(-c3ccccc3)nc21.CCN(CC)CC. The average Bonchev–Trinajstić information content (AvgIpc) is 3.55. The Morgan fingerprint density at radius 2 is 1.72 bits per heavy atom. The summed E-state index contributed by atoms with van der Waals surface area (Å²) < 4.78 is 35.6. The predicted octanol–water partition coefficient (Wildman–Crippen LogP) is 2.95. The first-order valence-electron chi connectivity index (χ1n) is 12.9. The first kappa shape index (κ1) is 29.5. The van der Waals surface area contributed by atoms with Gasteiger partial charge >= 0.3 is 7.82 Å². The molecule has 0 radical (unpaired) electrons. The molecule has 13 nitrogen and oxygen atoms in total. The molecule has 2 saturated heterocycles. The van der Waals surface area contributed by atoms with Crippen LogP contribution in [-0.4, -0.2) is 84.5 Å². The molecule has 4 heterocycles. The van der Waals surface area contributed by atoms with Crippen molar-refractivity contribution in [2.24, 2.45) is 0 Å². The molecule has 14 heteroatoms. The molecule has 2 fully saturated rings. The third kappa shape index (κ3) is 6.82. The zero-order chi connectivity index (χ0) is 28.4. The molecule has 39 heavy (non-hydrogen) atoms. The van der Waals surface area contributed by atoms with Crippen LogP contribution in [0.5, 0.6) is 0 Å². The molecule has 2 aliphatic rings. The third-order valence-electron chi connectivity index (χ3n) is 6.63. The Morgan fingerprint density at radius 1 is 1.08 bits per heavy atom. The number of rotatable bonds is 8. The van der Waals surface area contributed by atoms with Crippen molar-refractivity contribution in [2.45, 2.75) is 64.9 Å². The number of nitrogens with zero attached hydrogens (tertiary/aromatic N) is 5. The molecule has 1 aromatic carbocycles. The lowest BCUT2D eigenvalue weighted by Gasteiger charge is -2.24. The maximum Gasteiger partial charge on any atom is 0.469 e. The molecular formula is C25H37N6O7P. The number of nitrogens with two attached hydrogens (primary N) is 1. The zero-order valence-electron chi connectivity index (χ0n) is 22.8. The lowest BCUT2D eigenvalue weighted by molar-refractivity contribution is -0.199. The van der Waals surface area contributed by atoms with Crippen molar-refractivity contribution in [1.29, 1.82) is 0 Å². The second-order valence-electron chi connectivity index (χ2n) is 9.66. The smallest absolute Gasteiger partial charge is 0.382 e. The molecule has 2 aromatic heterocycles. The van der Waals surface area contributed by atoms with Crippen molar-refractivity contribution in [3.05, 3.63) is 36.7 Å². The fourth-order valence-electron chi connectivity index (χ4n) is 4.70. The fourth-order valence-corrected chi connectivity index (χ4v) is 5.04. The van der Waals surface area contributed by atoms with E-state index in [9.17, 15) is 4.57 Å². The van der Waals surface area contributed by atoms with E-state index >= 15 is 0 Å². The van der Waals surface area contributed by atoms with Gasteiger partial charge in [-0.25, -0.2) is 19.5 Å². The van der Waals surface area contributed by atoms with Gasteiger partial charge in [0.05, 0.1) is 12.9 Å². The lowest BCUT2D eigenvalue weighted by atomic mass is 10.1. The average molecular weight is 565 g/mol. The van der Waals surface area contributed by atoms with Gasteiger partial charge in [-0.1, -0.05) is 51.1 Å². The molecule has 0 aliphatic carbocycles. The summed E-state index contributed by atoms with van der Waals surface area (Å²) in [7, 11) is -4.69. The van der Waals surface area contributed by atoms with Crippen LogP contribution in [0, 0.1) is 0 Å². The van der Waals surface area contributed by atoms with Crippen LogP contribution < -0.4 is 5.73 Å². The van der Waals surface area contributed by atoms with Crippen LogP contribution in [0.1, 0.15) is 40.8 Å². The van der Waals surface area contributed by atoms with Gasteiger partial charge in [0.15, 0.2) is 29.3 Å². The van der Waals surface area contributed by atoms with Crippen LogP contribution in [0.4, 0.5) is 5.82 Å². The molecule has 3 aromatic rings. The Hall–Kier alpha value is -2.48. The molecule has 0 unspecified atom stereocenters. The molecule has 0 amide bonds. The molecule has 4 atom stereocenters. The van der Waals surface area contributed by atoms with Gasteiger partial charge in [0.2, 0.25) is 0 Å². The highest BCUT2D eigenvalue weighted by Gasteiger charge is 2.56. The predicted molar refractivity (Wildman–Crippen MR) is 144 cm³/mol. The fraction of sp³-hybridized carbons (Fsp3) is 0.560. The summed E-state index contributed by atoms with van der Waals surface area (Å²) in [5.41, 5.74) is 7.77. The molecule has 4 N–H and O–H groups in total. The summed E-state index contributed by atoms with van der Waals surface area (Å²) in [4.78, 5) is 33.9. The number of phosphoric ester groups is 1. The van der Waals surface area contributed by atoms with Gasteiger partial charge in [0.25, 0.3) is 0 Å². The van der Waals surface area contributed by atoms with Gasteiger partial charge in [-0.15, -0.1) is 0 Å². The van der Waals surface area contributed by atoms with Gasteiger partial charge in [0, 0.05) is 5.56 Å². The van der Waals surface area contributed by atoms with Gasteiger partial charge in [-0.3, -0.25) is 9.09 Å². The lowest BCUT2D eigenvalue weighted by Crippen LogP contribution is -2.32. The second-order valence-corrected chi connectivity index (χ2v) is 10.9. The Kier molecular flexibility index (Phi) is 9.04. The number of hydrogen-bond donors (Lipinski definition) is 3. The number of anilines is 1. The largest absolute Gasteiger partial charge is 0.469 e. The number of phosphoric acid groups is 1. The highest BCUT2D eigenvalue weighted by atomic mass is 31.2. The van der Waals surface area contributed by atoms with Crippen molar-refractivity contribution >= 4 is 24.8 Å². The zero-order valence-corrected chi connectivity index (χ0v) is 23.7. The summed E-state index contributed by atoms with van der Waals surface area (Å²) in [6, 6.07) is 9.38. The van der Waals surface area contributed by atoms with Gasteiger partial charge < -0.3 is 34.6 Å². The van der Waals surface area contributed by atoms with Crippen LogP contribution in [0.25, 0.3) is 22.6 Å². The maximum absolute atomic E-state index is 11.2. The molecule has 0 bridgehead atoms. The second kappa shape index (κ2) is 11.9.